The summed E-state index contributed by atoms with van der Waals surface area (Å²) in [6.45, 7) is 14.7. The van der Waals surface area contributed by atoms with E-state index in [1.165, 1.54) is 32.1 Å². The first-order chi connectivity index (χ1) is 8.89. The van der Waals surface area contributed by atoms with E-state index < -0.39 is 0 Å². The zero-order valence-electron chi connectivity index (χ0n) is 13.8. The van der Waals surface area contributed by atoms with E-state index in [1.807, 2.05) is 0 Å². The molecule has 0 aliphatic heterocycles. The maximum Gasteiger partial charge on any atom is 0.0594 e. The second-order valence-electron chi connectivity index (χ2n) is 7.69. The van der Waals surface area contributed by atoms with Gasteiger partial charge in [0.1, 0.15) is 0 Å². The molecule has 0 aromatic rings. The van der Waals surface area contributed by atoms with Crippen molar-refractivity contribution in [3.63, 3.8) is 0 Å². The van der Waals surface area contributed by atoms with Gasteiger partial charge in [-0.15, -0.1) is 0 Å². The maximum absolute atomic E-state index is 6.05. The molecule has 114 valence electrons. The van der Waals surface area contributed by atoms with Gasteiger partial charge >= 0.3 is 0 Å². The molecule has 0 aromatic heterocycles. The van der Waals surface area contributed by atoms with Crippen molar-refractivity contribution in [1.82, 2.24) is 5.32 Å². The summed E-state index contributed by atoms with van der Waals surface area (Å²) in [4.78, 5) is 0. The molecular weight excluding hydrogens is 234 g/mol. The zero-order valence-corrected chi connectivity index (χ0v) is 13.8. The van der Waals surface area contributed by atoms with Crippen molar-refractivity contribution in [2.24, 2.45) is 17.3 Å². The summed E-state index contributed by atoms with van der Waals surface area (Å²) in [5.41, 5.74) is 0.465. The Labute approximate surface area is 120 Å². The largest absolute Gasteiger partial charge is 0.377 e. The monoisotopic (exact) mass is 269 g/mol. The molecule has 0 heterocycles. The van der Waals surface area contributed by atoms with E-state index in [4.69, 9.17) is 4.74 Å². The highest BCUT2D eigenvalue weighted by Gasteiger charge is 2.32. The van der Waals surface area contributed by atoms with Gasteiger partial charge in [0, 0.05) is 6.54 Å². The fraction of sp³-hybridized carbons (Fsp3) is 1.00. The highest BCUT2D eigenvalue weighted by molar-refractivity contribution is 4.83. The predicted octanol–water partition coefficient (Wildman–Crippen LogP) is 4.24. The number of hydrogen-bond donors (Lipinski definition) is 1. The Kier molecular flexibility index (Phi) is 7.38. The fourth-order valence-corrected chi connectivity index (χ4v) is 3.44. The van der Waals surface area contributed by atoms with E-state index in [0.717, 1.165) is 31.5 Å². The smallest absolute Gasteiger partial charge is 0.0594 e. The van der Waals surface area contributed by atoms with Crippen LogP contribution in [0.25, 0.3) is 0 Å². The van der Waals surface area contributed by atoms with Crippen molar-refractivity contribution in [2.75, 3.05) is 19.7 Å². The second-order valence-corrected chi connectivity index (χ2v) is 7.69. The fourth-order valence-electron chi connectivity index (χ4n) is 3.44. The van der Waals surface area contributed by atoms with E-state index in [-0.39, 0.29) is 0 Å². The molecule has 0 saturated heterocycles. The first-order valence-corrected chi connectivity index (χ1v) is 8.21. The molecular formula is C17H35NO. The highest BCUT2D eigenvalue weighted by atomic mass is 16.5. The molecule has 1 fully saturated rings. The van der Waals surface area contributed by atoms with Crippen LogP contribution in [-0.2, 0) is 4.74 Å². The van der Waals surface area contributed by atoms with Gasteiger partial charge in [-0.05, 0) is 55.9 Å². The van der Waals surface area contributed by atoms with Crippen molar-refractivity contribution in [3.05, 3.63) is 0 Å². The zero-order chi connectivity index (χ0) is 14.3. The van der Waals surface area contributed by atoms with Gasteiger partial charge in [-0.2, -0.15) is 0 Å². The first-order valence-electron chi connectivity index (χ1n) is 8.21. The van der Waals surface area contributed by atoms with E-state index in [2.05, 4.69) is 39.9 Å². The first kappa shape index (κ1) is 17.0. The summed E-state index contributed by atoms with van der Waals surface area (Å²) in [7, 11) is 0. The number of rotatable bonds is 8. The molecule has 0 spiro atoms. The SMILES string of the molecule is CC(C)CCCNCCOC1CC(C)CC(C)(C)C1. The standard InChI is InChI=1S/C17H35NO/c1-14(2)7-6-8-18-9-10-19-16-11-15(3)12-17(4,5)13-16/h14-16,18H,6-13H2,1-5H3. The number of ether oxygens (including phenoxy) is 1. The quantitative estimate of drug-likeness (QED) is 0.665. The third kappa shape index (κ3) is 7.94. The van der Waals surface area contributed by atoms with Gasteiger partial charge in [-0.1, -0.05) is 34.6 Å². The van der Waals surface area contributed by atoms with Gasteiger partial charge in [0.25, 0.3) is 0 Å². The Balaban J connectivity index is 2.03. The maximum atomic E-state index is 6.05. The van der Waals surface area contributed by atoms with Gasteiger partial charge in [0.15, 0.2) is 0 Å². The van der Waals surface area contributed by atoms with Crippen molar-refractivity contribution >= 4 is 0 Å². The molecule has 19 heavy (non-hydrogen) atoms. The Morgan fingerprint density at radius 2 is 1.95 bits per heavy atom. The van der Waals surface area contributed by atoms with E-state index >= 15 is 0 Å². The molecule has 2 nitrogen and oxygen atoms in total. The van der Waals surface area contributed by atoms with E-state index in [0.29, 0.717) is 11.5 Å². The summed E-state index contributed by atoms with van der Waals surface area (Å²) in [6.07, 6.45) is 6.91. The van der Waals surface area contributed by atoms with Crippen LogP contribution in [0, 0.1) is 17.3 Å². The minimum atomic E-state index is 0.465. The molecule has 2 atom stereocenters. The molecule has 0 bridgehead atoms. The average molecular weight is 269 g/mol. The molecule has 2 unspecified atom stereocenters. The lowest BCUT2D eigenvalue weighted by atomic mass is 9.71. The van der Waals surface area contributed by atoms with Gasteiger partial charge < -0.3 is 10.1 Å². The van der Waals surface area contributed by atoms with Crippen molar-refractivity contribution in [1.29, 1.82) is 0 Å². The normalized spacial score (nSPS) is 26.8. The van der Waals surface area contributed by atoms with Crippen molar-refractivity contribution in [2.45, 2.75) is 72.8 Å². The lowest BCUT2D eigenvalue weighted by molar-refractivity contribution is -0.0213. The number of hydrogen-bond acceptors (Lipinski definition) is 2. The van der Waals surface area contributed by atoms with Gasteiger partial charge in [0.05, 0.1) is 12.7 Å². The van der Waals surface area contributed by atoms with Crippen LogP contribution in [0.1, 0.15) is 66.7 Å². The summed E-state index contributed by atoms with van der Waals surface area (Å²) in [5.74, 6) is 1.64. The molecule has 0 amide bonds. The lowest BCUT2D eigenvalue weighted by Gasteiger charge is -2.38. The van der Waals surface area contributed by atoms with Crippen molar-refractivity contribution < 1.29 is 4.74 Å². The third-order valence-corrected chi connectivity index (χ3v) is 4.11. The Morgan fingerprint density at radius 1 is 1.21 bits per heavy atom. The van der Waals surface area contributed by atoms with Crippen LogP contribution in [0.5, 0.6) is 0 Å². The molecule has 2 heteroatoms. The van der Waals surface area contributed by atoms with Crippen LogP contribution >= 0.6 is 0 Å². The van der Waals surface area contributed by atoms with Crippen molar-refractivity contribution in [3.8, 4) is 0 Å². The van der Waals surface area contributed by atoms with Crippen LogP contribution in [0.3, 0.4) is 0 Å². The summed E-state index contributed by atoms with van der Waals surface area (Å²) in [6, 6.07) is 0. The summed E-state index contributed by atoms with van der Waals surface area (Å²) >= 11 is 0. The third-order valence-electron chi connectivity index (χ3n) is 4.11. The van der Waals surface area contributed by atoms with Crippen LogP contribution in [0.15, 0.2) is 0 Å². The van der Waals surface area contributed by atoms with Crippen LogP contribution in [0.4, 0.5) is 0 Å². The second kappa shape index (κ2) is 8.26. The summed E-state index contributed by atoms with van der Waals surface area (Å²) in [5, 5.41) is 3.49. The molecule has 0 radical (unpaired) electrons. The van der Waals surface area contributed by atoms with Gasteiger partial charge in [-0.3, -0.25) is 0 Å². The average Bonchev–Trinajstić information content (AvgIpc) is 2.24. The van der Waals surface area contributed by atoms with E-state index in [1.54, 1.807) is 0 Å². The molecule has 1 saturated carbocycles. The van der Waals surface area contributed by atoms with Crippen LogP contribution in [0.2, 0.25) is 0 Å². The van der Waals surface area contributed by atoms with Crippen LogP contribution in [-0.4, -0.2) is 25.8 Å². The minimum Gasteiger partial charge on any atom is -0.377 e. The molecule has 1 aliphatic carbocycles. The molecule has 0 aromatic carbocycles. The highest BCUT2D eigenvalue weighted by Crippen LogP contribution is 2.39. The Bertz CT molecular complexity index is 237. The van der Waals surface area contributed by atoms with Gasteiger partial charge in [-0.25, -0.2) is 0 Å². The summed E-state index contributed by atoms with van der Waals surface area (Å²) < 4.78 is 6.05. The predicted molar refractivity (Wildman–Crippen MR) is 83.5 cm³/mol. The molecule has 1 N–H and O–H groups in total. The Morgan fingerprint density at radius 3 is 2.58 bits per heavy atom. The minimum absolute atomic E-state index is 0.465. The van der Waals surface area contributed by atoms with Crippen LogP contribution < -0.4 is 5.32 Å². The molecule has 1 aliphatic rings. The lowest BCUT2D eigenvalue weighted by Crippen LogP contribution is -2.34. The van der Waals surface area contributed by atoms with E-state index in [9.17, 15) is 0 Å². The topological polar surface area (TPSA) is 21.3 Å². The van der Waals surface area contributed by atoms with Gasteiger partial charge in [0.2, 0.25) is 0 Å². The Hall–Kier alpha value is -0.0800. The number of nitrogens with one attached hydrogen (secondary N) is 1. The molecule has 1 rings (SSSR count).